The molecule has 0 aliphatic carbocycles. The molecule has 292 valence electrons. The van der Waals surface area contributed by atoms with Crippen LogP contribution in [0, 0.1) is 30.6 Å². The van der Waals surface area contributed by atoms with Crippen molar-refractivity contribution in [1.82, 2.24) is 20.9 Å². The Bertz CT molecular complexity index is 1940. The van der Waals surface area contributed by atoms with Crippen LogP contribution < -0.4 is 32.4 Å². The highest BCUT2D eigenvalue weighted by Gasteiger charge is 2.32. The van der Waals surface area contributed by atoms with Crippen molar-refractivity contribution in [1.29, 1.82) is 0 Å². The Morgan fingerprint density at radius 1 is 1.00 bits per heavy atom. The predicted molar refractivity (Wildman–Crippen MR) is 213 cm³/mol. The van der Waals surface area contributed by atoms with E-state index < -0.39 is 30.2 Å². The third-order valence-corrected chi connectivity index (χ3v) is 10.1. The van der Waals surface area contributed by atoms with E-state index in [1.54, 1.807) is 6.92 Å². The maximum atomic E-state index is 13.0. The number of nitrogens with zero attached hydrogens (tertiary/aromatic N) is 2. The summed E-state index contributed by atoms with van der Waals surface area (Å²) in [5.74, 6) is -3.23. The van der Waals surface area contributed by atoms with Crippen LogP contribution in [0.5, 0.6) is 0 Å². The number of nitrogens with one attached hydrogen (secondary N) is 4. The van der Waals surface area contributed by atoms with Gasteiger partial charge >= 0.3 is 5.97 Å². The number of nitrogens with two attached hydrogens (primary N) is 1. The van der Waals surface area contributed by atoms with Crippen LogP contribution in [0.15, 0.2) is 57.6 Å². The number of aromatic amines is 1. The van der Waals surface area contributed by atoms with Gasteiger partial charge in [-0.15, -0.1) is 0 Å². The molecule has 0 radical (unpaired) electrons. The highest BCUT2D eigenvalue weighted by atomic mass is 16.4. The van der Waals surface area contributed by atoms with Crippen LogP contribution in [0.4, 0.5) is 0 Å². The summed E-state index contributed by atoms with van der Waals surface area (Å²) < 4.78 is 0. The van der Waals surface area contributed by atoms with Crippen molar-refractivity contribution in [2.75, 3.05) is 13.1 Å². The molecule has 0 saturated carbocycles. The van der Waals surface area contributed by atoms with Crippen molar-refractivity contribution < 1.29 is 29.1 Å². The first-order valence-corrected chi connectivity index (χ1v) is 18.5. The fourth-order valence-electron chi connectivity index (χ4n) is 6.91. The molecule has 0 spiro atoms. The van der Waals surface area contributed by atoms with Gasteiger partial charge in [-0.3, -0.25) is 29.2 Å². The quantitative estimate of drug-likeness (QED) is 0.0744. The number of aromatic nitrogens is 1. The number of rotatable bonds is 18. The third kappa shape index (κ3) is 10.9. The minimum absolute atomic E-state index is 0.0286. The topological polar surface area (TPSA) is 208 Å². The second kappa shape index (κ2) is 19.2. The standard InChI is InChI=1S/C41H57N7O6/c1-11-28-23(6)33(46-35(28)17-31(21(2)3)44-22(4)5)19-36-39(27(10)49)25(8)34(47-36)18-32-24(7)29(26(9)45-32)14-15-38(51)43-16-12-13-30(41(53)54)48-40(52)37(50)20-42/h17-19,23-24,28-30,44,47H,4,9,11-16,20,42H2,1-3,5-8,10H3,(H,43,51)(H,48,52)(H,53,54)/b34-18-,35-17-,36-19-/t23-,24+,28-,29+,30+/m1/s1. The Labute approximate surface area is 317 Å². The molecule has 2 amide bonds. The van der Waals surface area contributed by atoms with Crippen LogP contribution in [0.3, 0.4) is 0 Å². The van der Waals surface area contributed by atoms with Gasteiger partial charge in [-0.25, -0.2) is 4.79 Å². The minimum Gasteiger partial charge on any atom is -0.480 e. The van der Waals surface area contributed by atoms with Crippen LogP contribution in [-0.2, 0) is 19.2 Å². The SMILES string of the molecule is C=C(C)NC(/C=C1N=C(/C=c2\[nH]/c(=C\C3=NC(=C)[C@@H](CCC(=O)NCCC[C@H](NC(=O)C(=O)CN)C(=O)O)[C@@H]3C)c(C)c2C(C)=O)[C@H](C)[C@H]\1CC)=C(C)C. The summed E-state index contributed by atoms with van der Waals surface area (Å²) in [6.07, 6.45) is 7.99. The molecule has 1 aromatic heterocycles. The third-order valence-electron chi connectivity index (χ3n) is 10.1. The Morgan fingerprint density at radius 3 is 2.20 bits per heavy atom. The van der Waals surface area contributed by atoms with Crippen molar-refractivity contribution in [3.63, 3.8) is 0 Å². The van der Waals surface area contributed by atoms with Gasteiger partial charge in [0.15, 0.2) is 5.78 Å². The molecule has 0 bridgehead atoms. The van der Waals surface area contributed by atoms with Crippen LogP contribution >= 0.6 is 0 Å². The van der Waals surface area contributed by atoms with Gasteiger partial charge in [-0.2, -0.15) is 0 Å². The van der Waals surface area contributed by atoms with Crippen molar-refractivity contribution in [3.8, 4) is 0 Å². The molecule has 7 N–H and O–H groups in total. The van der Waals surface area contributed by atoms with Crippen molar-refractivity contribution in [3.05, 3.63) is 69.4 Å². The van der Waals surface area contributed by atoms with Gasteiger partial charge in [-0.1, -0.05) is 39.5 Å². The summed E-state index contributed by atoms with van der Waals surface area (Å²) in [6.45, 7) is 23.7. The number of H-pyrrole nitrogens is 1. The summed E-state index contributed by atoms with van der Waals surface area (Å²) in [5, 5.41) is 19.1. The smallest absolute Gasteiger partial charge is 0.326 e. The van der Waals surface area contributed by atoms with Gasteiger partial charge < -0.3 is 31.8 Å². The van der Waals surface area contributed by atoms with E-state index in [1.807, 2.05) is 32.9 Å². The maximum absolute atomic E-state index is 13.0. The van der Waals surface area contributed by atoms with E-state index in [9.17, 15) is 29.1 Å². The van der Waals surface area contributed by atoms with Crippen LogP contribution in [0.2, 0.25) is 0 Å². The molecule has 0 saturated heterocycles. The number of carboxylic acid groups (broad SMARTS) is 1. The lowest BCUT2D eigenvalue weighted by Gasteiger charge is -2.16. The van der Waals surface area contributed by atoms with Gasteiger partial charge in [0.1, 0.15) is 6.04 Å². The van der Waals surface area contributed by atoms with E-state index in [4.69, 9.17) is 15.7 Å². The number of aliphatic carboxylic acids is 1. The summed E-state index contributed by atoms with van der Waals surface area (Å²) in [6, 6.07) is -1.27. The molecular formula is C41H57N7O6. The molecule has 1 aromatic rings. The Hall–Kier alpha value is -5.17. The molecule has 5 atom stereocenters. The van der Waals surface area contributed by atoms with E-state index in [0.717, 1.165) is 51.4 Å². The molecule has 3 rings (SSSR count). The number of hydrogen-bond acceptors (Lipinski definition) is 9. The van der Waals surface area contributed by atoms with Crippen LogP contribution in [0.1, 0.15) is 96.5 Å². The molecule has 0 aromatic carbocycles. The number of carbonyl (C=O) groups excluding carboxylic acids is 4. The average Bonchev–Trinajstić information content (AvgIpc) is 3.67. The van der Waals surface area contributed by atoms with Crippen LogP contribution in [0.25, 0.3) is 12.2 Å². The lowest BCUT2D eigenvalue weighted by molar-refractivity contribution is -0.144. The number of carboxylic acids is 1. The number of aliphatic imine (C=N–C) groups is 2. The van der Waals surface area contributed by atoms with E-state index in [1.165, 1.54) is 0 Å². The number of Topliss-reactive ketones (excluding diaryl/α,β-unsaturated/α-hetero) is 2. The monoisotopic (exact) mass is 743 g/mol. The van der Waals surface area contributed by atoms with Gasteiger partial charge in [0, 0.05) is 81.8 Å². The minimum atomic E-state index is -1.28. The Kier molecular flexibility index (Phi) is 15.4. The Morgan fingerprint density at radius 2 is 1.63 bits per heavy atom. The first kappa shape index (κ1) is 43.2. The molecular weight excluding hydrogens is 686 g/mol. The zero-order valence-electron chi connectivity index (χ0n) is 32.9. The lowest BCUT2D eigenvalue weighted by Crippen LogP contribution is -2.45. The molecule has 2 aliphatic rings. The zero-order chi connectivity index (χ0) is 40.4. The second-order valence-corrected chi connectivity index (χ2v) is 14.5. The molecule has 13 nitrogen and oxygen atoms in total. The van der Waals surface area contributed by atoms with Gasteiger partial charge in [0.2, 0.25) is 11.7 Å². The lowest BCUT2D eigenvalue weighted by atomic mass is 9.87. The number of allylic oxidation sites excluding steroid dienone is 5. The molecule has 0 unspecified atom stereocenters. The number of hydrogen-bond donors (Lipinski definition) is 6. The number of amides is 2. The second-order valence-electron chi connectivity index (χ2n) is 14.5. The maximum Gasteiger partial charge on any atom is 0.326 e. The van der Waals surface area contributed by atoms with E-state index >= 15 is 0 Å². The number of ketones is 2. The number of carbonyl (C=O) groups is 5. The highest BCUT2D eigenvalue weighted by Crippen LogP contribution is 2.35. The first-order valence-electron chi connectivity index (χ1n) is 18.5. The highest BCUT2D eigenvalue weighted by molar-refractivity contribution is 6.37. The van der Waals surface area contributed by atoms with Crippen molar-refractivity contribution in [2.45, 2.75) is 93.5 Å². The normalized spacial score (nSPS) is 21.4. The summed E-state index contributed by atoms with van der Waals surface area (Å²) in [4.78, 5) is 73.6. The van der Waals surface area contributed by atoms with Crippen LogP contribution in [-0.4, -0.2) is 70.0 Å². The molecule has 54 heavy (non-hydrogen) atoms. The molecule has 0 fully saturated rings. The van der Waals surface area contributed by atoms with E-state index in [2.05, 4.69) is 67.9 Å². The van der Waals surface area contributed by atoms with Crippen molar-refractivity contribution >= 4 is 52.9 Å². The Balaban J connectivity index is 1.75. The largest absolute Gasteiger partial charge is 0.480 e. The zero-order valence-corrected chi connectivity index (χ0v) is 32.9. The summed E-state index contributed by atoms with van der Waals surface area (Å²) in [5.41, 5.74) is 12.9. The van der Waals surface area contributed by atoms with Gasteiger partial charge in [-0.05, 0) is 84.1 Å². The van der Waals surface area contributed by atoms with Gasteiger partial charge in [0.05, 0.1) is 11.9 Å². The molecule has 3 heterocycles. The summed E-state index contributed by atoms with van der Waals surface area (Å²) >= 11 is 0. The summed E-state index contributed by atoms with van der Waals surface area (Å²) in [7, 11) is 0. The van der Waals surface area contributed by atoms with E-state index in [0.29, 0.717) is 23.0 Å². The average molecular weight is 744 g/mol. The van der Waals surface area contributed by atoms with Gasteiger partial charge in [0.25, 0.3) is 5.91 Å². The first-order chi connectivity index (χ1) is 25.4. The van der Waals surface area contributed by atoms with E-state index in [-0.39, 0.29) is 61.2 Å². The molecule has 2 aliphatic heterocycles. The molecule has 13 heteroatoms. The van der Waals surface area contributed by atoms with Crippen molar-refractivity contribution in [2.24, 2.45) is 39.4 Å². The fourth-order valence-corrected chi connectivity index (χ4v) is 6.91. The predicted octanol–water partition coefficient (Wildman–Crippen LogP) is 3.50. The fraction of sp³-hybridized carbons (Fsp3) is 0.488.